The molecule has 0 amide bonds. The first-order valence-electron chi connectivity index (χ1n) is 14.4. The lowest BCUT2D eigenvalue weighted by Crippen LogP contribution is -2.36. The molecule has 3 fully saturated rings. The molecule has 0 aliphatic heterocycles. The summed E-state index contributed by atoms with van der Waals surface area (Å²) in [5, 5.41) is -0.573. The zero-order chi connectivity index (χ0) is 29.7. The van der Waals surface area contributed by atoms with Gasteiger partial charge in [-0.05, 0) is 106 Å². The van der Waals surface area contributed by atoms with E-state index in [1.165, 1.54) is 30.4 Å². The van der Waals surface area contributed by atoms with Gasteiger partial charge in [-0.3, -0.25) is 0 Å². The average molecular weight is 603 g/mol. The van der Waals surface area contributed by atoms with Crippen LogP contribution in [0.5, 0.6) is 0 Å². The zero-order valence-corrected chi connectivity index (χ0v) is 25.5. The molecule has 1 heterocycles. The number of rotatable bonds is 6. The molecule has 8 nitrogen and oxygen atoms in total. The van der Waals surface area contributed by atoms with E-state index < -0.39 is 15.8 Å². The summed E-state index contributed by atoms with van der Waals surface area (Å²) in [6.45, 7) is 12.4. The van der Waals surface area contributed by atoms with Crippen LogP contribution in [0.2, 0.25) is 0 Å². The van der Waals surface area contributed by atoms with Crippen LogP contribution < -0.4 is 0 Å². The van der Waals surface area contributed by atoms with Gasteiger partial charge in [0.15, 0.2) is 9.84 Å². The van der Waals surface area contributed by atoms with Gasteiger partial charge in [-0.1, -0.05) is 17.7 Å². The molecule has 1 N–H and O–H groups in total. The number of alkyl halides is 1. The van der Waals surface area contributed by atoms with Gasteiger partial charge in [-0.15, -0.1) is 11.6 Å². The van der Waals surface area contributed by atoms with E-state index in [1.54, 1.807) is 19.1 Å². The number of benzene rings is 1. The Morgan fingerprint density at radius 2 is 1.66 bits per heavy atom. The van der Waals surface area contributed by atoms with Crippen molar-refractivity contribution in [3.63, 3.8) is 0 Å². The monoisotopic (exact) mass is 602 g/mol. The summed E-state index contributed by atoms with van der Waals surface area (Å²) in [5.74, 6) is 1.35. The predicted molar refractivity (Wildman–Crippen MR) is 157 cm³/mol. The smallest absolute Gasteiger partial charge is 0.387 e. The molecule has 2 aromatic rings. The molecule has 0 spiro atoms. The number of fused-ring (bicyclic) bond motifs is 7. The minimum atomic E-state index is -3.27. The highest BCUT2D eigenvalue weighted by Gasteiger charge is 2.52. The van der Waals surface area contributed by atoms with Crippen molar-refractivity contribution in [2.75, 3.05) is 19.8 Å². The number of nitrogens with zero attached hydrogens (tertiary/aromatic N) is 1. The maximum Gasteiger partial charge on any atom is 0.387 e. The predicted octanol–water partition coefficient (Wildman–Crippen LogP) is 6.20. The molecular formula is C31H39ClN2O6S. The lowest BCUT2D eigenvalue weighted by atomic mass is 9.94. The molecule has 1 aromatic carbocycles. The first-order chi connectivity index (χ1) is 19.6. The highest BCUT2D eigenvalue weighted by Crippen LogP contribution is 2.54. The van der Waals surface area contributed by atoms with E-state index in [1.807, 2.05) is 32.2 Å². The van der Waals surface area contributed by atoms with E-state index in [0.717, 1.165) is 24.8 Å². The van der Waals surface area contributed by atoms with Crippen LogP contribution in [-0.4, -0.2) is 55.7 Å². The number of nitrogens with one attached hydrogen (secondary N) is 1. The highest BCUT2D eigenvalue weighted by atomic mass is 35.5. The van der Waals surface area contributed by atoms with Gasteiger partial charge in [-0.2, -0.15) is 0 Å². The van der Waals surface area contributed by atoms with Crippen molar-refractivity contribution in [2.45, 2.75) is 86.7 Å². The number of aromatic nitrogens is 1. The first-order valence-corrected chi connectivity index (χ1v) is 16.4. The van der Waals surface area contributed by atoms with Gasteiger partial charge in [0.25, 0.3) is 0 Å². The van der Waals surface area contributed by atoms with Crippen LogP contribution in [0, 0.1) is 25.3 Å². The van der Waals surface area contributed by atoms with Crippen molar-refractivity contribution < 1.29 is 27.5 Å². The number of halogens is 1. The summed E-state index contributed by atoms with van der Waals surface area (Å²) in [5.41, 5.74) is 4.40. The van der Waals surface area contributed by atoms with Crippen molar-refractivity contribution in [1.29, 1.82) is 0 Å². The fourth-order valence-corrected chi connectivity index (χ4v) is 9.86. The van der Waals surface area contributed by atoms with E-state index in [-0.39, 0.29) is 29.1 Å². The molecule has 4 aliphatic rings. The van der Waals surface area contributed by atoms with Crippen LogP contribution >= 0.6 is 11.6 Å². The second kappa shape index (κ2) is 13.4. The van der Waals surface area contributed by atoms with Gasteiger partial charge in [-0.25, -0.2) is 24.6 Å². The number of aromatic amines is 1. The minimum absolute atomic E-state index is 0.159. The van der Waals surface area contributed by atoms with E-state index in [9.17, 15) is 18.0 Å². The molecule has 1 aromatic heterocycles. The third-order valence-corrected chi connectivity index (χ3v) is 11.8. The van der Waals surface area contributed by atoms with E-state index >= 15 is 0 Å². The lowest BCUT2D eigenvalue weighted by molar-refractivity contribution is -0.140. The van der Waals surface area contributed by atoms with Gasteiger partial charge in [0.05, 0.1) is 28.7 Å². The number of H-pyrrole nitrogens is 1. The van der Waals surface area contributed by atoms with Crippen LogP contribution in [0.4, 0.5) is 0 Å². The molecule has 6 atom stereocenters. The van der Waals surface area contributed by atoms with Gasteiger partial charge in [0.1, 0.15) is 5.69 Å². The third kappa shape index (κ3) is 6.65. The maximum absolute atomic E-state index is 12.7. The Labute approximate surface area is 247 Å². The normalized spacial score (nSPS) is 26.6. The minimum Gasteiger partial charge on any atom is -0.461 e. The highest BCUT2D eigenvalue weighted by molar-refractivity contribution is 7.92. The summed E-state index contributed by atoms with van der Waals surface area (Å²) >= 11 is 6.36. The number of aryl methyl sites for hydroxylation is 1. The number of sulfone groups is 1. The third-order valence-electron chi connectivity index (χ3n) is 8.68. The lowest BCUT2D eigenvalue weighted by Gasteiger charge is -2.26. The number of ether oxygens (including phenoxy) is 2. The van der Waals surface area contributed by atoms with E-state index in [0.29, 0.717) is 41.6 Å². The SMILES string of the molecule is CCOC(=O)c1[nH]cc2c1C1CCC2C1.Cc1ccc(S(=O)(=O)[C@@H]2[C@H]3CC[C@H](C3)[C@H]2Cl)cc1.[C-]#[N+]CC(=O)OCC. The Bertz CT molecular complexity index is 1380. The van der Waals surface area contributed by atoms with E-state index in [4.69, 9.17) is 22.9 Å². The van der Waals surface area contributed by atoms with Crippen molar-refractivity contribution >= 4 is 33.4 Å². The molecule has 0 saturated heterocycles. The Hall–Kier alpha value is -2.83. The topological polar surface area (TPSA) is 107 Å². The van der Waals surface area contributed by atoms with Crippen LogP contribution in [0.25, 0.3) is 4.85 Å². The maximum atomic E-state index is 12.7. The summed E-state index contributed by atoms with van der Waals surface area (Å²) in [6, 6.07) is 7.12. The van der Waals surface area contributed by atoms with Gasteiger partial charge < -0.3 is 19.3 Å². The fourth-order valence-electron chi connectivity index (χ4n) is 6.88. The quantitative estimate of drug-likeness (QED) is 0.240. The van der Waals surface area contributed by atoms with Crippen molar-refractivity contribution in [2.24, 2.45) is 11.8 Å². The Kier molecular flexibility index (Phi) is 10.2. The zero-order valence-electron chi connectivity index (χ0n) is 23.9. The molecule has 3 saturated carbocycles. The molecule has 41 heavy (non-hydrogen) atoms. The molecule has 4 bridgehead atoms. The Morgan fingerprint density at radius 1 is 1.00 bits per heavy atom. The number of hydrogen-bond acceptors (Lipinski definition) is 6. The molecule has 4 aliphatic carbocycles. The molecule has 2 unspecified atom stereocenters. The van der Waals surface area contributed by atoms with Crippen LogP contribution in [0.1, 0.15) is 91.4 Å². The van der Waals surface area contributed by atoms with Crippen molar-refractivity contribution in [1.82, 2.24) is 4.98 Å². The number of esters is 2. The fraction of sp³-hybridized carbons (Fsp3) is 0.581. The second-order valence-electron chi connectivity index (χ2n) is 11.2. The molecule has 6 rings (SSSR count). The Balaban J connectivity index is 0.000000153. The molecule has 0 radical (unpaired) electrons. The molecule has 10 heteroatoms. The largest absolute Gasteiger partial charge is 0.461 e. The molecular weight excluding hydrogens is 564 g/mol. The van der Waals surface area contributed by atoms with Crippen LogP contribution in [0.15, 0.2) is 35.4 Å². The van der Waals surface area contributed by atoms with Gasteiger partial charge in [0, 0.05) is 6.20 Å². The Morgan fingerprint density at radius 3 is 2.27 bits per heavy atom. The van der Waals surface area contributed by atoms with Crippen LogP contribution in [0.3, 0.4) is 0 Å². The second-order valence-corrected chi connectivity index (χ2v) is 13.8. The summed E-state index contributed by atoms with van der Waals surface area (Å²) in [6.07, 6.45) is 8.88. The summed E-state index contributed by atoms with van der Waals surface area (Å²) < 4.78 is 34.8. The number of carbonyl (C=O) groups excluding carboxylic acids is 2. The number of carbonyl (C=O) groups is 2. The standard InChI is InChI=1S/C14H17ClO2S.C12H15NO2.C5H7NO2/c1-9-2-6-12(7-3-9)18(16,17)14-11-5-4-10(8-11)13(14)15;1-2-15-12(14)11-10-8-4-3-7(5-8)9(10)6-13-11;1-3-8-5(7)4-6-2/h2-3,6-7,10-11,13-14H,4-5,8H2,1H3;6-8,13H,2-5H2,1H3;3-4H2,1H3/t10-,11+,13-,14-;;/m1../s1. The van der Waals surface area contributed by atoms with Crippen molar-refractivity contribution in [3.8, 4) is 0 Å². The summed E-state index contributed by atoms with van der Waals surface area (Å²) in [7, 11) is -3.27. The summed E-state index contributed by atoms with van der Waals surface area (Å²) in [4.78, 5) is 28.2. The first kappa shape index (κ1) is 31.1. The molecule has 222 valence electrons. The average Bonchev–Trinajstić information content (AvgIpc) is 3.76. The van der Waals surface area contributed by atoms with Gasteiger partial charge in [0.2, 0.25) is 0 Å². The number of hydrogen-bond donors (Lipinski definition) is 1. The van der Waals surface area contributed by atoms with E-state index in [2.05, 4.69) is 14.6 Å². The van der Waals surface area contributed by atoms with Gasteiger partial charge >= 0.3 is 18.5 Å². The van der Waals surface area contributed by atoms with Crippen LogP contribution in [-0.2, 0) is 24.1 Å². The van der Waals surface area contributed by atoms with Crippen molar-refractivity contribution in [3.05, 3.63) is 64.3 Å².